The molecule has 0 spiro atoms. The Morgan fingerprint density at radius 3 is 3.05 bits per heavy atom. The van der Waals surface area contributed by atoms with E-state index < -0.39 is 0 Å². The van der Waals surface area contributed by atoms with Gasteiger partial charge in [-0.1, -0.05) is 18.2 Å². The average molecular weight is 280 g/mol. The van der Waals surface area contributed by atoms with Crippen LogP contribution in [0.1, 0.15) is 33.3 Å². The number of hydrogen-bond acceptors (Lipinski definition) is 3. The Morgan fingerprint density at radius 2 is 2.15 bits per heavy atom. The highest BCUT2D eigenvalue weighted by molar-refractivity contribution is 7.12. The molecule has 2 aromatic heterocycles. The summed E-state index contributed by atoms with van der Waals surface area (Å²) in [6.07, 6.45) is 7.49. The second kappa shape index (κ2) is 4.69. The van der Waals surface area contributed by atoms with Crippen LogP contribution in [0.5, 0.6) is 0 Å². The van der Waals surface area contributed by atoms with Crippen LogP contribution in [0.25, 0.3) is 10.8 Å². The summed E-state index contributed by atoms with van der Waals surface area (Å²) in [6, 6.07) is 10.6. The molecule has 2 nitrogen and oxygen atoms in total. The summed E-state index contributed by atoms with van der Waals surface area (Å²) in [5, 5.41) is 2.37. The first-order valence-corrected chi connectivity index (χ1v) is 7.84. The number of benzene rings is 1. The summed E-state index contributed by atoms with van der Waals surface area (Å²) >= 11 is 1.89. The highest BCUT2D eigenvalue weighted by Crippen LogP contribution is 2.36. The Balaban J connectivity index is 1.81. The summed E-state index contributed by atoms with van der Waals surface area (Å²) in [5.74, 6) is 0. The van der Waals surface area contributed by atoms with Crippen LogP contribution in [-0.2, 0) is 12.8 Å². The van der Waals surface area contributed by atoms with Crippen molar-refractivity contribution in [2.24, 2.45) is 5.73 Å². The van der Waals surface area contributed by atoms with E-state index in [9.17, 15) is 0 Å². The zero-order valence-electron chi connectivity index (χ0n) is 11.2. The summed E-state index contributed by atoms with van der Waals surface area (Å²) in [4.78, 5) is 7.02. The van der Waals surface area contributed by atoms with Gasteiger partial charge in [0.1, 0.15) is 0 Å². The van der Waals surface area contributed by atoms with Gasteiger partial charge in [-0.05, 0) is 47.9 Å². The predicted octanol–water partition coefficient (Wildman–Crippen LogP) is 3.83. The van der Waals surface area contributed by atoms with E-state index in [1.54, 1.807) is 0 Å². The normalized spacial score (nSPS) is 15.4. The number of fused-ring (bicyclic) bond motifs is 2. The molecule has 20 heavy (non-hydrogen) atoms. The molecular formula is C17H16N2S. The van der Waals surface area contributed by atoms with Gasteiger partial charge in [0.2, 0.25) is 0 Å². The van der Waals surface area contributed by atoms with Crippen LogP contribution in [0.2, 0.25) is 0 Å². The van der Waals surface area contributed by atoms with Crippen molar-refractivity contribution in [1.82, 2.24) is 4.98 Å². The van der Waals surface area contributed by atoms with Gasteiger partial charge in [0, 0.05) is 27.5 Å². The molecule has 1 atom stereocenters. The third kappa shape index (κ3) is 1.86. The molecule has 1 unspecified atom stereocenters. The maximum Gasteiger partial charge on any atom is 0.0652 e. The molecule has 0 aliphatic heterocycles. The summed E-state index contributed by atoms with van der Waals surface area (Å²) in [5.41, 5.74) is 9.25. The Morgan fingerprint density at radius 1 is 1.20 bits per heavy atom. The molecule has 0 bridgehead atoms. The summed E-state index contributed by atoms with van der Waals surface area (Å²) in [6.45, 7) is 0. The zero-order chi connectivity index (χ0) is 13.5. The van der Waals surface area contributed by atoms with E-state index in [1.165, 1.54) is 45.5 Å². The monoisotopic (exact) mass is 280 g/mol. The number of aromatic nitrogens is 1. The molecule has 1 aromatic carbocycles. The van der Waals surface area contributed by atoms with E-state index >= 15 is 0 Å². The van der Waals surface area contributed by atoms with Crippen molar-refractivity contribution in [2.45, 2.75) is 25.3 Å². The van der Waals surface area contributed by atoms with Crippen LogP contribution >= 0.6 is 11.3 Å². The summed E-state index contributed by atoms with van der Waals surface area (Å²) in [7, 11) is 0. The third-order valence-corrected chi connectivity index (χ3v) is 5.44. The molecule has 1 aliphatic carbocycles. The lowest BCUT2D eigenvalue weighted by Crippen LogP contribution is -2.10. The van der Waals surface area contributed by atoms with E-state index in [2.05, 4.69) is 35.3 Å². The molecule has 0 fully saturated rings. The third-order valence-electron chi connectivity index (χ3n) is 4.12. The van der Waals surface area contributed by atoms with Crippen LogP contribution in [0.4, 0.5) is 0 Å². The van der Waals surface area contributed by atoms with Crippen LogP contribution < -0.4 is 5.73 Å². The van der Waals surface area contributed by atoms with Gasteiger partial charge in [-0.25, -0.2) is 0 Å². The van der Waals surface area contributed by atoms with Crippen molar-refractivity contribution >= 4 is 22.1 Å². The minimum Gasteiger partial charge on any atom is -0.320 e. The number of rotatable bonds is 2. The number of thiophene rings is 1. The predicted molar refractivity (Wildman–Crippen MR) is 84.1 cm³/mol. The number of nitrogens with two attached hydrogens (primary N) is 1. The second-order valence-electron chi connectivity index (χ2n) is 5.37. The molecule has 2 N–H and O–H groups in total. The maximum absolute atomic E-state index is 6.53. The minimum absolute atomic E-state index is 0.0308. The second-order valence-corrected chi connectivity index (χ2v) is 6.54. The fraction of sp³-hybridized carbons (Fsp3) is 0.235. The number of hydrogen-bond donors (Lipinski definition) is 1. The van der Waals surface area contributed by atoms with Crippen molar-refractivity contribution in [3.8, 4) is 0 Å². The van der Waals surface area contributed by atoms with Gasteiger partial charge in [-0.3, -0.25) is 4.98 Å². The first-order valence-electron chi connectivity index (χ1n) is 7.02. The number of nitrogens with zero attached hydrogens (tertiary/aromatic N) is 1. The number of pyridine rings is 1. The lowest BCUT2D eigenvalue weighted by atomic mass is 9.99. The molecule has 100 valence electrons. The molecule has 0 saturated heterocycles. The molecule has 0 amide bonds. The van der Waals surface area contributed by atoms with Gasteiger partial charge in [0.25, 0.3) is 0 Å². The fourth-order valence-corrected chi connectivity index (χ4v) is 4.36. The summed E-state index contributed by atoms with van der Waals surface area (Å²) < 4.78 is 0. The van der Waals surface area contributed by atoms with E-state index in [0.717, 1.165) is 5.39 Å². The van der Waals surface area contributed by atoms with Crippen LogP contribution in [-0.4, -0.2) is 4.98 Å². The van der Waals surface area contributed by atoms with Gasteiger partial charge < -0.3 is 5.73 Å². The van der Waals surface area contributed by atoms with Crippen molar-refractivity contribution in [2.75, 3.05) is 0 Å². The first kappa shape index (κ1) is 12.1. The molecule has 1 aliphatic rings. The van der Waals surface area contributed by atoms with Gasteiger partial charge in [0.05, 0.1) is 6.04 Å². The van der Waals surface area contributed by atoms with Gasteiger partial charge in [-0.15, -0.1) is 11.3 Å². The minimum atomic E-state index is -0.0308. The Bertz CT molecular complexity index is 749. The van der Waals surface area contributed by atoms with Crippen molar-refractivity contribution in [3.05, 3.63) is 63.6 Å². The Labute approximate surface area is 122 Å². The molecule has 3 aromatic rings. The van der Waals surface area contributed by atoms with Gasteiger partial charge in [0.15, 0.2) is 0 Å². The molecule has 3 heteroatoms. The molecular weight excluding hydrogens is 264 g/mol. The van der Waals surface area contributed by atoms with Gasteiger partial charge >= 0.3 is 0 Å². The SMILES string of the molecule is NC(c1cc2c(s1)CCC2)c1cccc2cnccc12. The van der Waals surface area contributed by atoms with Crippen molar-refractivity contribution in [3.63, 3.8) is 0 Å². The van der Waals surface area contributed by atoms with Crippen molar-refractivity contribution < 1.29 is 0 Å². The lowest BCUT2D eigenvalue weighted by molar-refractivity contribution is 0.888. The van der Waals surface area contributed by atoms with Crippen molar-refractivity contribution in [1.29, 1.82) is 0 Å². The van der Waals surface area contributed by atoms with Crippen LogP contribution in [0.3, 0.4) is 0 Å². The van der Waals surface area contributed by atoms with Gasteiger partial charge in [-0.2, -0.15) is 0 Å². The number of aryl methyl sites for hydroxylation is 2. The standard InChI is InChI=1S/C17H16N2S/c18-17(16-9-11-3-2-6-15(11)20-16)14-5-1-4-12-10-19-8-7-13(12)14/h1,4-5,7-10,17H,2-3,6,18H2. The first-order chi connectivity index (χ1) is 9.83. The van der Waals surface area contributed by atoms with E-state index in [-0.39, 0.29) is 6.04 Å². The largest absolute Gasteiger partial charge is 0.320 e. The maximum atomic E-state index is 6.53. The lowest BCUT2D eigenvalue weighted by Gasteiger charge is -2.13. The Kier molecular flexibility index (Phi) is 2.83. The quantitative estimate of drug-likeness (QED) is 0.774. The van der Waals surface area contributed by atoms with E-state index in [0.29, 0.717) is 0 Å². The smallest absolute Gasteiger partial charge is 0.0652 e. The van der Waals surface area contributed by atoms with Crippen LogP contribution in [0, 0.1) is 0 Å². The Hall–Kier alpha value is -1.71. The zero-order valence-corrected chi connectivity index (χ0v) is 12.0. The van der Waals surface area contributed by atoms with E-state index in [4.69, 9.17) is 5.73 Å². The highest BCUT2D eigenvalue weighted by atomic mass is 32.1. The fourth-order valence-electron chi connectivity index (χ4n) is 3.08. The highest BCUT2D eigenvalue weighted by Gasteiger charge is 2.20. The molecule has 4 rings (SSSR count). The van der Waals surface area contributed by atoms with Crippen LogP contribution in [0.15, 0.2) is 42.7 Å². The molecule has 0 saturated carbocycles. The van der Waals surface area contributed by atoms with E-state index in [1.807, 2.05) is 23.7 Å². The topological polar surface area (TPSA) is 38.9 Å². The molecule has 2 heterocycles. The molecule has 0 radical (unpaired) electrons. The average Bonchev–Trinajstić information content (AvgIpc) is 3.07.